The number of pyridine rings is 1. The van der Waals surface area contributed by atoms with Gasteiger partial charge in [0, 0.05) is 22.7 Å². The van der Waals surface area contributed by atoms with Crippen LogP contribution in [0, 0.1) is 20.8 Å². The number of ether oxygens (including phenoxy) is 1. The van der Waals surface area contributed by atoms with Crippen molar-refractivity contribution in [3.05, 3.63) is 52.3 Å². The molecule has 5 nitrogen and oxygen atoms in total. The number of ketones is 2. The molecular weight excluding hydrogens is 360 g/mol. The first kappa shape index (κ1) is 19.2. The molecule has 0 atom stereocenters. The number of rotatable bonds is 6. The molecule has 0 unspecified atom stereocenters. The molecule has 0 fully saturated rings. The van der Waals surface area contributed by atoms with Crippen molar-refractivity contribution in [2.75, 3.05) is 12.9 Å². The molecule has 0 amide bonds. The fourth-order valence-electron chi connectivity index (χ4n) is 3.32. The third-order valence-electron chi connectivity index (χ3n) is 4.62. The summed E-state index contributed by atoms with van der Waals surface area (Å²) in [5, 5.41) is 1.85. The number of hydrogen-bond acceptors (Lipinski definition) is 5. The maximum absolute atomic E-state index is 12.7. The minimum atomic E-state index is -0.0432. The number of aromatic nitrogens is 2. The molecule has 0 aliphatic heterocycles. The zero-order chi connectivity index (χ0) is 19.7. The molecule has 0 spiro atoms. The van der Waals surface area contributed by atoms with E-state index in [9.17, 15) is 9.59 Å². The molecule has 0 radical (unpaired) electrons. The Labute approximate surface area is 162 Å². The highest BCUT2D eigenvalue weighted by atomic mass is 32.2. The van der Waals surface area contributed by atoms with Crippen LogP contribution in [0.1, 0.15) is 44.6 Å². The number of benzene rings is 1. The molecule has 0 aliphatic carbocycles. The minimum Gasteiger partial charge on any atom is -0.497 e. The van der Waals surface area contributed by atoms with E-state index >= 15 is 0 Å². The summed E-state index contributed by atoms with van der Waals surface area (Å²) in [6.45, 7) is 7.17. The second kappa shape index (κ2) is 7.56. The average Bonchev–Trinajstić information content (AvgIpc) is 2.93. The Bertz CT molecular complexity index is 1050. The van der Waals surface area contributed by atoms with Crippen molar-refractivity contribution in [1.82, 2.24) is 9.97 Å². The van der Waals surface area contributed by atoms with Gasteiger partial charge in [0.1, 0.15) is 5.75 Å². The van der Waals surface area contributed by atoms with Crippen molar-refractivity contribution in [3.8, 4) is 5.75 Å². The van der Waals surface area contributed by atoms with Crippen molar-refractivity contribution < 1.29 is 14.3 Å². The van der Waals surface area contributed by atoms with Gasteiger partial charge in [-0.1, -0.05) is 11.8 Å². The van der Waals surface area contributed by atoms with Crippen LogP contribution < -0.4 is 4.74 Å². The summed E-state index contributed by atoms with van der Waals surface area (Å²) in [5.41, 5.74) is 4.51. The Morgan fingerprint density at radius 1 is 1.19 bits per heavy atom. The molecule has 3 rings (SSSR count). The van der Waals surface area contributed by atoms with Gasteiger partial charge in [0.25, 0.3) is 0 Å². The fraction of sp³-hybridized carbons (Fsp3) is 0.286. The standard InChI is InChI=1S/C21H22N2O3S/c1-11-8-19(23-17-9-15(26-5)6-7-16(11)17)27-10-18(25)21-12(2)20(14(4)24)13(3)22-21/h6-9,22H,10H2,1-5H3. The number of nitrogens with zero attached hydrogens (tertiary/aromatic N) is 1. The lowest BCUT2D eigenvalue weighted by atomic mass is 10.1. The normalized spacial score (nSPS) is 11.0. The highest BCUT2D eigenvalue weighted by Crippen LogP contribution is 2.27. The van der Waals surface area contributed by atoms with Crippen LogP contribution in [0.15, 0.2) is 29.3 Å². The third-order valence-corrected chi connectivity index (χ3v) is 5.53. The van der Waals surface area contributed by atoms with E-state index in [4.69, 9.17) is 4.74 Å². The molecule has 0 aliphatic rings. The predicted molar refractivity (Wildman–Crippen MR) is 108 cm³/mol. The van der Waals surface area contributed by atoms with Crippen molar-refractivity contribution in [2.24, 2.45) is 0 Å². The summed E-state index contributed by atoms with van der Waals surface area (Å²) in [4.78, 5) is 32.1. The number of thioether (sulfide) groups is 1. The fourth-order valence-corrected chi connectivity index (χ4v) is 4.17. The van der Waals surface area contributed by atoms with E-state index in [-0.39, 0.29) is 17.3 Å². The van der Waals surface area contributed by atoms with Crippen LogP contribution in [0.25, 0.3) is 10.9 Å². The molecule has 1 aromatic carbocycles. The predicted octanol–water partition coefficient (Wildman–Crippen LogP) is 4.67. The molecule has 27 heavy (non-hydrogen) atoms. The summed E-state index contributed by atoms with van der Waals surface area (Å²) in [5.74, 6) is 0.925. The lowest BCUT2D eigenvalue weighted by Gasteiger charge is -2.08. The number of aryl methyl sites for hydroxylation is 2. The number of hydrogen-bond donors (Lipinski definition) is 1. The maximum Gasteiger partial charge on any atom is 0.189 e. The number of aromatic amines is 1. The van der Waals surface area contributed by atoms with E-state index in [0.29, 0.717) is 11.3 Å². The summed E-state index contributed by atoms with van der Waals surface area (Å²) in [6.07, 6.45) is 0. The average molecular weight is 382 g/mol. The van der Waals surface area contributed by atoms with Crippen LogP contribution in [0.4, 0.5) is 0 Å². The highest BCUT2D eigenvalue weighted by Gasteiger charge is 2.20. The molecule has 2 aromatic heterocycles. The summed E-state index contributed by atoms with van der Waals surface area (Å²) >= 11 is 1.39. The first-order valence-electron chi connectivity index (χ1n) is 8.63. The van der Waals surface area contributed by atoms with Crippen LogP contribution in [0.5, 0.6) is 5.75 Å². The highest BCUT2D eigenvalue weighted by molar-refractivity contribution is 7.99. The van der Waals surface area contributed by atoms with Gasteiger partial charge in [-0.15, -0.1) is 0 Å². The monoisotopic (exact) mass is 382 g/mol. The first-order chi connectivity index (χ1) is 12.8. The van der Waals surface area contributed by atoms with Gasteiger partial charge >= 0.3 is 0 Å². The molecule has 140 valence electrons. The van der Waals surface area contributed by atoms with E-state index in [2.05, 4.69) is 9.97 Å². The van der Waals surface area contributed by atoms with Crippen molar-refractivity contribution in [3.63, 3.8) is 0 Å². The quantitative estimate of drug-likeness (QED) is 0.495. The molecule has 0 bridgehead atoms. The van der Waals surface area contributed by atoms with Gasteiger partial charge < -0.3 is 9.72 Å². The zero-order valence-electron chi connectivity index (χ0n) is 16.1. The zero-order valence-corrected chi connectivity index (χ0v) is 16.9. The number of Topliss-reactive ketones (excluding diaryl/α,β-unsaturated/α-hetero) is 2. The number of carbonyl (C=O) groups is 2. The van der Waals surface area contributed by atoms with Crippen LogP contribution in [0.3, 0.4) is 0 Å². The lowest BCUT2D eigenvalue weighted by molar-refractivity contribution is 0.101. The first-order valence-corrected chi connectivity index (χ1v) is 9.62. The van der Waals surface area contributed by atoms with Crippen molar-refractivity contribution in [2.45, 2.75) is 32.7 Å². The van der Waals surface area contributed by atoms with Gasteiger partial charge in [0.05, 0.1) is 29.1 Å². The van der Waals surface area contributed by atoms with Crippen molar-refractivity contribution in [1.29, 1.82) is 0 Å². The number of carbonyl (C=O) groups excluding carboxylic acids is 2. The van der Waals surface area contributed by atoms with Gasteiger partial charge in [-0.25, -0.2) is 4.98 Å². The smallest absolute Gasteiger partial charge is 0.189 e. The molecule has 0 saturated heterocycles. The van der Waals surface area contributed by atoms with Crippen molar-refractivity contribution >= 4 is 34.2 Å². The maximum atomic E-state index is 12.7. The van der Waals surface area contributed by atoms with Crippen LogP contribution in [-0.2, 0) is 0 Å². The molecule has 2 heterocycles. The largest absolute Gasteiger partial charge is 0.497 e. The Kier molecular flexibility index (Phi) is 5.37. The summed E-state index contributed by atoms with van der Waals surface area (Å²) < 4.78 is 5.27. The lowest BCUT2D eigenvalue weighted by Crippen LogP contribution is -2.06. The third kappa shape index (κ3) is 3.76. The van der Waals surface area contributed by atoms with Gasteiger partial charge in [0.2, 0.25) is 0 Å². The van der Waals surface area contributed by atoms with E-state index in [1.54, 1.807) is 7.11 Å². The van der Waals surface area contributed by atoms with Gasteiger partial charge in [-0.2, -0.15) is 0 Å². The molecule has 1 N–H and O–H groups in total. The van der Waals surface area contributed by atoms with E-state index in [1.807, 2.05) is 45.0 Å². The Hall–Kier alpha value is -2.60. The van der Waals surface area contributed by atoms with Gasteiger partial charge in [0.15, 0.2) is 11.6 Å². The number of nitrogens with one attached hydrogen (secondary N) is 1. The minimum absolute atomic E-state index is 0.0336. The Morgan fingerprint density at radius 2 is 1.93 bits per heavy atom. The molecule has 3 aromatic rings. The molecule has 0 saturated carbocycles. The Balaban J connectivity index is 1.83. The summed E-state index contributed by atoms with van der Waals surface area (Å²) in [6, 6.07) is 7.78. The second-order valence-corrected chi connectivity index (χ2v) is 7.55. The summed E-state index contributed by atoms with van der Waals surface area (Å²) in [7, 11) is 1.63. The SMILES string of the molecule is COc1ccc2c(C)cc(SCC(=O)c3[nH]c(C)c(C(C)=O)c3C)nc2c1. The van der Waals surface area contributed by atoms with E-state index in [1.165, 1.54) is 18.7 Å². The van der Waals surface area contributed by atoms with Crippen LogP contribution in [-0.4, -0.2) is 34.4 Å². The second-order valence-electron chi connectivity index (χ2n) is 6.55. The number of H-pyrrole nitrogens is 1. The molecular formula is C21H22N2O3S. The van der Waals surface area contributed by atoms with Gasteiger partial charge in [-0.3, -0.25) is 9.59 Å². The van der Waals surface area contributed by atoms with Crippen LogP contribution >= 0.6 is 11.8 Å². The van der Waals surface area contributed by atoms with Gasteiger partial charge in [-0.05, 0) is 57.0 Å². The van der Waals surface area contributed by atoms with Crippen LogP contribution in [0.2, 0.25) is 0 Å². The number of methoxy groups -OCH3 is 1. The molecule has 6 heteroatoms. The number of fused-ring (bicyclic) bond motifs is 1. The Morgan fingerprint density at radius 3 is 2.56 bits per heavy atom. The van der Waals surface area contributed by atoms with E-state index in [0.717, 1.165) is 38.5 Å². The topological polar surface area (TPSA) is 72.1 Å². The van der Waals surface area contributed by atoms with E-state index < -0.39 is 0 Å².